The van der Waals surface area contributed by atoms with Gasteiger partial charge in [0, 0.05) is 37.5 Å². The third-order valence-electron chi connectivity index (χ3n) is 5.70. The monoisotopic (exact) mass is 350 g/mol. The predicted molar refractivity (Wildman–Crippen MR) is 100 cm³/mol. The van der Waals surface area contributed by atoms with Crippen LogP contribution in [0.5, 0.6) is 0 Å². The number of anilines is 1. The van der Waals surface area contributed by atoms with Gasteiger partial charge in [-0.1, -0.05) is 12.1 Å². The van der Waals surface area contributed by atoms with E-state index < -0.39 is 0 Å². The van der Waals surface area contributed by atoms with E-state index in [1.54, 1.807) is 6.33 Å². The van der Waals surface area contributed by atoms with E-state index in [1.165, 1.54) is 0 Å². The molecule has 26 heavy (non-hydrogen) atoms. The van der Waals surface area contributed by atoms with Crippen molar-refractivity contribution in [3.8, 4) is 0 Å². The SMILES string of the molecule is O=C(C1CCN(c2ncnc3c2oc2ccccc23)CC1)N1CCCC1. The number of para-hydroxylation sites is 1. The van der Waals surface area contributed by atoms with Crippen molar-refractivity contribution in [2.24, 2.45) is 5.92 Å². The molecule has 2 aliphatic heterocycles. The number of carbonyl (C=O) groups is 1. The summed E-state index contributed by atoms with van der Waals surface area (Å²) in [7, 11) is 0. The second-order valence-corrected chi connectivity index (χ2v) is 7.27. The lowest BCUT2D eigenvalue weighted by Crippen LogP contribution is -2.42. The van der Waals surface area contributed by atoms with Crippen molar-refractivity contribution in [3.05, 3.63) is 30.6 Å². The van der Waals surface area contributed by atoms with Gasteiger partial charge in [0.2, 0.25) is 5.91 Å². The van der Waals surface area contributed by atoms with Gasteiger partial charge < -0.3 is 14.2 Å². The quantitative estimate of drug-likeness (QED) is 0.710. The molecule has 2 aromatic heterocycles. The third kappa shape index (κ3) is 2.52. The molecule has 0 N–H and O–H groups in total. The molecule has 2 aliphatic rings. The maximum absolute atomic E-state index is 12.6. The number of benzene rings is 1. The number of piperidine rings is 1. The molecule has 2 fully saturated rings. The van der Waals surface area contributed by atoms with Gasteiger partial charge in [0.25, 0.3) is 0 Å². The fraction of sp³-hybridized carbons (Fsp3) is 0.450. The lowest BCUT2D eigenvalue weighted by molar-refractivity contribution is -0.135. The molecule has 0 atom stereocenters. The summed E-state index contributed by atoms with van der Waals surface area (Å²) < 4.78 is 6.05. The van der Waals surface area contributed by atoms with Crippen LogP contribution in [-0.2, 0) is 4.79 Å². The molecule has 134 valence electrons. The van der Waals surface area contributed by atoms with Gasteiger partial charge in [-0.2, -0.15) is 0 Å². The van der Waals surface area contributed by atoms with Crippen molar-refractivity contribution in [1.29, 1.82) is 0 Å². The molecule has 1 aromatic carbocycles. The molecule has 0 bridgehead atoms. The molecule has 6 nitrogen and oxygen atoms in total. The van der Waals surface area contributed by atoms with Crippen LogP contribution < -0.4 is 4.90 Å². The van der Waals surface area contributed by atoms with Gasteiger partial charge in [0.15, 0.2) is 11.4 Å². The highest BCUT2D eigenvalue weighted by molar-refractivity contribution is 6.05. The molecule has 0 aliphatic carbocycles. The zero-order chi connectivity index (χ0) is 17.5. The molecule has 1 amide bonds. The van der Waals surface area contributed by atoms with E-state index in [4.69, 9.17) is 4.42 Å². The topological polar surface area (TPSA) is 62.5 Å². The molecule has 0 spiro atoms. The van der Waals surface area contributed by atoms with Crippen molar-refractivity contribution in [2.45, 2.75) is 25.7 Å². The summed E-state index contributed by atoms with van der Waals surface area (Å²) in [6, 6.07) is 7.95. The summed E-state index contributed by atoms with van der Waals surface area (Å²) in [6.45, 7) is 3.52. The lowest BCUT2D eigenvalue weighted by atomic mass is 9.95. The minimum absolute atomic E-state index is 0.150. The Morgan fingerprint density at radius 1 is 1.04 bits per heavy atom. The van der Waals surface area contributed by atoms with Crippen LogP contribution in [0.1, 0.15) is 25.7 Å². The Morgan fingerprint density at radius 3 is 2.62 bits per heavy atom. The molecule has 0 radical (unpaired) electrons. The number of aromatic nitrogens is 2. The van der Waals surface area contributed by atoms with E-state index in [2.05, 4.69) is 14.9 Å². The van der Waals surface area contributed by atoms with E-state index in [0.29, 0.717) is 5.91 Å². The standard InChI is InChI=1S/C20H22N4O2/c25-20(24-9-3-4-10-24)14-7-11-23(12-8-14)19-18-17(21-13-22-19)15-5-1-2-6-16(15)26-18/h1-2,5-6,13-14H,3-4,7-12H2. The molecule has 2 saturated heterocycles. The summed E-state index contributed by atoms with van der Waals surface area (Å²) in [5.41, 5.74) is 2.45. The average Bonchev–Trinajstić information content (AvgIpc) is 3.35. The molecule has 3 aromatic rings. The van der Waals surface area contributed by atoms with Crippen molar-refractivity contribution in [3.63, 3.8) is 0 Å². The second-order valence-electron chi connectivity index (χ2n) is 7.27. The normalized spacial score (nSPS) is 18.9. The average molecular weight is 350 g/mol. The molecule has 6 heteroatoms. The first-order chi connectivity index (χ1) is 12.8. The number of likely N-dealkylation sites (tertiary alicyclic amines) is 1. The van der Waals surface area contributed by atoms with Crippen molar-refractivity contribution < 1.29 is 9.21 Å². The Morgan fingerprint density at radius 2 is 1.81 bits per heavy atom. The molecule has 0 unspecified atom stereocenters. The Labute approximate surface area is 151 Å². The van der Waals surface area contributed by atoms with Gasteiger partial charge in [0.05, 0.1) is 0 Å². The van der Waals surface area contributed by atoms with Crippen LogP contribution in [-0.4, -0.2) is 47.0 Å². The largest absolute Gasteiger partial charge is 0.450 e. The van der Waals surface area contributed by atoms with Crippen molar-refractivity contribution in [1.82, 2.24) is 14.9 Å². The smallest absolute Gasteiger partial charge is 0.225 e. The van der Waals surface area contributed by atoms with Gasteiger partial charge in [-0.05, 0) is 37.8 Å². The summed E-state index contributed by atoms with van der Waals surface area (Å²) in [4.78, 5) is 25.8. The van der Waals surface area contributed by atoms with Gasteiger partial charge in [-0.15, -0.1) is 0 Å². The first-order valence-corrected chi connectivity index (χ1v) is 9.47. The van der Waals surface area contributed by atoms with Gasteiger partial charge in [-0.3, -0.25) is 4.79 Å². The molecular formula is C20H22N4O2. The molecule has 5 rings (SSSR count). The van der Waals surface area contributed by atoms with E-state index in [-0.39, 0.29) is 5.92 Å². The third-order valence-corrected chi connectivity index (χ3v) is 5.70. The van der Waals surface area contributed by atoms with E-state index >= 15 is 0 Å². The number of hydrogen-bond donors (Lipinski definition) is 0. The number of fused-ring (bicyclic) bond motifs is 3. The van der Waals surface area contributed by atoms with Crippen LogP contribution in [0, 0.1) is 5.92 Å². The molecule has 0 saturated carbocycles. The maximum Gasteiger partial charge on any atom is 0.225 e. The van der Waals surface area contributed by atoms with Crippen LogP contribution in [0.15, 0.2) is 35.0 Å². The maximum atomic E-state index is 12.6. The van der Waals surface area contributed by atoms with Crippen LogP contribution in [0.2, 0.25) is 0 Å². The number of amides is 1. The summed E-state index contributed by atoms with van der Waals surface area (Å²) >= 11 is 0. The number of furan rings is 1. The highest BCUT2D eigenvalue weighted by Crippen LogP contribution is 2.34. The Bertz CT molecular complexity index is 953. The molecular weight excluding hydrogens is 328 g/mol. The highest BCUT2D eigenvalue weighted by Gasteiger charge is 2.31. The molecule has 4 heterocycles. The fourth-order valence-electron chi connectivity index (χ4n) is 4.27. The van der Waals surface area contributed by atoms with E-state index in [1.807, 2.05) is 29.2 Å². The van der Waals surface area contributed by atoms with Crippen LogP contribution in [0.25, 0.3) is 22.1 Å². The van der Waals surface area contributed by atoms with Gasteiger partial charge >= 0.3 is 0 Å². The Hall–Kier alpha value is -2.63. The minimum Gasteiger partial charge on any atom is -0.450 e. The van der Waals surface area contributed by atoms with Crippen LogP contribution in [0.3, 0.4) is 0 Å². The zero-order valence-corrected chi connectivity index (χ0v) is 14.7. The van der Waals surface area contributed by atoms with Gasteiger partial charge in [0.1, 0.15) is 17.4 Å². The van der Waals surface area contributed by atoms with Crippen LogP contribution in [0.4, 0.5) is 5.82 Å². The zero-order valence-electron chi connectivity index (χ0n) is 14.7. The summed E-state index contributed by atoms with van der Waals surface area (Å²) in [5, 5.41) is 1.02. The van der Waals surface area contributed by atoms with E-state index in [0.717, 1.165) is 79.7 Å². The number of nitrogens with zero attached hydrogens (tertiary/aromatic N) is 4. The minimum atomic E-state index is 0.150. The summed E-state index contributed by atoms with van der Waals surface area (Å²) in [6.07, 6.45) is 5.66. The van der Waals surface area contributed by atoms with Gasteiger partial charge in [-0.25, -0.2) is 9.97 Å². The summed E-state index contributed by atoms with van der Waals surface area (Å²) in [5.74, 6) is 1.34. The predicted octanol–water partition coefficient (Wildman–Crippen LogP) is 3.21. The Balaban J connectivity index is 1.39. The number of carbonyl (C=O) groups excluding carboxylic acids is 1. The fourth-order valence-corrected chi connectivity index (χ4v) is 4.27. The second kappa shape index (κ2) is 6.27. The Kier molecular flexibility index (Phi) is 3.76. The lowest BCUT2D eigenvalue weighted by Gasteiger charge is -2.33. The van der Waals surface area contributed by atoms with E-state index in [9.17, 15) is 4.79 Å². The van der Waals surface area contributed by atoms with Crippen LogP contribution >= 0.6 is 0 Å². The number of rotatable bonds is 2. The van der Waals surface area contributed by atoms with Crippen molar-refractivity contribution >= 4 is 33.8 Å². The highest BCUT2D eigenvalue weighted by atomic mass is 16.3. The first kappa shape index (κ1) is 15.6. The van der Waals surface area contributed by atoms with Crippen molar-refractivity contribution in [2.75, 3.05) is 31.1 Å². The number of hydrogen-bond acceptors (Lipinski definition) is 5. The first-order valence-electron chi connectivity index (χ1n) is 9.47.